The maximum absolute atomic E-state index is 4.61. The molecule has 7 heteroatoms. The molecular weight excluding hydrogens is 368 g/mol. The minimum atomic E-state index is 0.598. The monoisotopic (exact) mass is 386 g/mol. The molecule has 0 aliphatic carbocycles. The van der Waals surface area contributed by atoms with Crippen LogP contribution in [0.2, 0.25) is 0 Å². The number of aryl methyl sites for hydroxylation is 1. The standard InChI is InChI=1S/C21H18N6S/c1-14-6-8-15(9-7-14)16-12-28-21-19(16)20(22-13-23-21)26(2)11-18-25-24-17-5-3-4-10-27(17)18/h3-10,12-13H,11H2,1-2H3. The Balaban J connectivity index is 1.58. The van der Waals surface area contributed by atoms with Crippen LogP contribution in [0, 0.1) is 6.92 Å². The fourth-order valence-corrected chi connectivity index (χ4v) is 4.29. The van der Waals surface area contributed by atoms with Gasteiger partial charge in [0.2, 0.25) is 0 Å². The first-order valence-electron chi connectivity index (χ1n) is 9.00. The van der Waals surface area contributed by atoms with Gasteiger partial charge < -0.3 is 4.90 Å². The molecule has 6 nitrogen and oxygen atoms in total. The Labute approximate surface area is 166 Å². The van der Waals surface area contributed by atoms with E-state index in [1.807, 2.05) is 35.8 Å². The van der Waals surface area contributed by atoms with E-state index in [0.717, 1.165) is 33.1 Å². The van der Waals surface area contributed by atoms with E-state index < -0.39 is 0 Å². The second kappa shape index (κ2) is 6.69. The molecule has 1 aromatic carbocycles. The van der Waals surface area contributed by atoms with Gasteiger partial charge in [0.05, 0.1) is 11.9 Å². The highest BCUT2D eigenvalue weighted by atomic mass is 32.1. The van der Waals surface area contributed by atoms with E-state index in [9.17, 15) is 0 Å². The largest absolute Gasteiger partial charge is 0.351 e. The molecule has 0 spiro atoms. The first-order valence-corrected chi connectivity index (χ1v) is 9.88. The summed E-state index contributed by atoms with van der Waals surface area (Å²) in [5.41, 5.74) is 4.42. The summed E-state index contributed by atoms with van der Waals surface area (Å²) in [4.78, 5) is 12.2. The summed E-state index contributed by atoms with van der Waals surface area (Å²) in [6.07, 6.45) is 3.61. The van der Waals surface area contributed by atoms with Crippen LogP contribution in [0.5, 0.6) is 0 Å². The summed E-state index contributed by atoms with van der Waals surface area (Å²) < 4.78 is 2.00. The second-order valence-corrected chi connectivity index (χ2v) is 7.65. The molecule has 138 valence electrons. The normalized spacial score (nSPS) is 11.4. The van der Waals surface area contributed by atoms with Crippen molar-refractivity contribution in [1.29, 1.82) is 0 Å². The third-order valence-corrected chi connectivity index (χ3v) is 5.72. The summed E-state index contributed by atoms with van der Waals surface area (Å²) in [6.45, 7) is 2.70. The highest BCUT2D eigenvalue weighted by molar-refractivity contribution is 7.17. The number of thiophene rings is 1. The first-order chi connectivity index (χ1) is 13.7. The lowest BCUT2D eigenvalue weighted by molar-refractivity contribution is 0.812. The molecule has 5 rings (SSSR count). The van der Waals surface area contributed by atoms with Gasteiger partial charge in [0, 0.05) is 24.2 Å². The van der Waals surface area contributed by atoms with Crippen molar-refractivity contribution in [2.75, 3.05) is 11.9 Å². The third-order valence-electron chi connectivity index (χ3n) is 4.84. The van der Waals surface area contributed by atoms with Gasteiger partial charge in [0.1, 0.15) is 17.0 Å². The molecule has 4 heterocycles. The lowest BCUT2D eigenvalue weighted by atomic mass is 10.0. The van der Waals surface area contributed by atoms with E-state index >= 15 is 0 Å². The zero-order chi connectivity index (χ0) is 19.1. The Bertz CT molecular complexity index is 1270. The van der Waals surface area contributed by atoms with Gasteiger partial charge >= 0.3 is 0 Å². The van der Waals surface area contributed by atoms with Crippen molar-refractivity contribution in [3.05, 3.63) is 71.8 Å². The molecule has 0 aliphatic heterocycles. The van der Waals surface area contributed by atoms with Gasteiger partial charge in [-0.05, 0) is 24.6 Å². The lowest BCUT2D eigenvalue weighted by Gasteiger charge is -2.18. The third kappa shape index (κ3) is 2.80. The van der Waals surface area contributed by atoms with Crippen LogP contribution in [0.4, 0.5) is 5.82 Å². The fraction of sp³-hybridized carbons (Fsp3) is 0.143. The molecule has 0 fully saturated rings. The Morgan fingerprint density at radius 2 is 1.89 bits per heavy atom. The van der Waals surface area contributed by atoms with Gasteiger partial charge in [-0.3, -0.25) is 4.40 Å². The molecule has 0 N–H and O–H groups in total. The summed E-state index contributed by atoms with van der Waals surface area (Å²) in [5.74, 6) is 1.77. The van der Waals surface area contributed by atoms with Crippen molar-refractivity contribution in [3.8, 4) is 11.1 Å². The fourth-order valence-electron chi connectivity index (χ4n) is 3.38. The smallest absolute Gasteiger partial charge is 0.160 e. The number of anilines is 1. The minimum absolute atomic E-state index is 0.598. The van der Waals surface area contributed by atoms with E-state index in [2.05, 4.69) is 61.6 Å². The summed E-state index contributed by atoms with van der Waals surface area (Å²) in [6, 6.07) is 14.5. The molecule has 28 heavy (non-hydrogen) atoms. The molecule has 0 aliphatic rings. The summed E-state index contributed by atoms with van der Waals surface area (Å²) in [5, 5.41) is 11.8. The second-order valence-electron chi connectivity index (χ2n) is 6.79. The molecule has 4 aromatic heterocycles. The van der Waals surface area contributed by atoms with Crippen molar-refractivity contribution in [2.24, 2.45) is 0 Å². The van der Waals surface area contributed by atoms with Crippen molar-refractivity contribution < 1.29 is 0 Å². The molecule has 5 aromatic rings. The molecule has 0 atom stereocenters. The SMILES string of the molecule is Cc1ccc(-c2csc3ncnc(N(C)Cc4nnc5ccccn45)c23)cc1. The quantitative estimate of drug-likeness (QED) is 0.460. The van der Waals surface area contributed by atoms with Gasteiger partial charge in [-0.25, -0.2) is 9.97 Å². The van der Waals surface area contributed by atoms with Crippen LogP contribution >= 0.6 is 11.3 Å². The molecular formula is C21H18N6S. The number of fused-ring (bicyclic) bond motifs is 2. The Hall–Kier alpha value is -3.32. The number of hydrogen-bond donors (Lipinski definition) is 0. The highest BCUT2D eigenvalue weighted by Crippen LogP contribution is 2.37. The van der Waals surface area contributed by atoms with E-state index in [1.54, 1.807) is 17.7 Å². The molecule has 0 amide bonds. The van der Waals surface area contributed by atoms with Gasteiger partial charge in [0.25, 0.3) is 0 Å². The number of pyridine rings is 1. The van der Waals surface area contributed by atoms with Crippen molar-refractivity contribution >= 4 is 33.0 Å². The maximum Gasteiger partial charge on any atom is 0.160 e. The number of nitrogens with zero attached hydrogens (tertiary/aromatic N) is 6. The van der Waals surface area contributed by atoms with E-state index in [1.165, 1.54) is 11.1 Å². The van der Waals surface area contributed by atoms with Gasteiger partial charge in [-0.2, -0.15) is 0 Å². The van der Waals surface area contributed by atoms with Gasteiger partial charge in [-0.15, -0.1) is 21.5 Å². The zero-order valence-corrected chi connectivity index (χ0v) is 16.4. The Morgan fingerprint density at radius 1 is 1.04 bits per heavy atom. The first kappa shape index (κ1) is 16.8. The van der Waals surface area contributed by atoms with Crippen LogP contribution in [-0.2, 0) is 6.54 Å². The molecule has 0 saturated heterocycles. The molecule has 0 bridgehead atoms. The molecule has 0 radical (unpaired) electrons. The highest BCUT2D eigenvalue weighted by Gasteiger charge is 2.17. The predicted molar refractivity (Wildman–Crippen MR) is 113 cm³/mol. The van der Waals surface area contributed by atoms with Crippen LogP contribution in [-0.4, -0.2) is 31.6 Å². The summed E-state index contributed by atoms with van der Waals surface area (Å²) in [7, 11) is 2.03. The van der Waals surface area contributed by atoms with Gasteiger partial charge in [0.15, 0.2) is 11.5 Å². The number of benzene rings is 1. The minimum Gasteiger partial charge on any atom is -0.351 e. The van der Waals surface area contributed by atoms with Crippen LogP contribution in [0.1, 0.15) is 11.4 Å². The average Bonchev–Trinajstić information content (AvgIpc) is 3.33. The zero-order valence-electron chi connectivity index (χ0n) is 15.6. The van der Waals surface area contributed by atoms with Crippen LogP contribution < -0.4 is 4.90 Å². The predicted octanol–water partition coefficient (Wildman–Crippen LogP) is 4.35. The summed E-state index contributed by atoms with van der Waals surface area (Å²) >= 11 is 1.64. The number of hydrogen-bond acceptors (Lipinski definition) is 6. The van der Waals surface area contributed by atoms with Gasteiger partial charge in [-0.1, -0.05) is 35.9 Å². The van der Waals surface area contributed by atoms with Crippen LogP contribution in [0.25, 0.3) is 27.0 Å². The average molecular weight is 386 g/mol. The molecule has 0 unspecified atom stereocenters. The maximum atomic E-state index is 4.61. The topological polar surface area (TPSA) is 59.2 Å². The Morgan fingerprint density at radius 3 is 2.75 bits per heavy atom. The van der Waals surface area contributed by atoms with Crippen molar-refractivity contribution in [1.82, 2.24) is 24.6 Å². The van der Waals surface area contributed by atoms with Crippen LogP contribution in [0.3, 0.4) is 0 Å². The van der Waals surface area contributed by atoms with E-state index in [4.69, 9.17) is 0 Å². The van der Waals surface area contributed by atoms with Crippen molar-refractivity contribution in [3.63, 3.8) is 0 Å². The Kier molecular flexibility index (Phi) is 4.02. The van der Waals surface area contributed by atoms with E-state index in [0.29, 0.717) is 6.54 Å². The van der Waals surface area contributed by atoms with Crippen LogP contribution in [0.15, 0.2) is 60.4 Å². The van der Waals surface area contributed by atoms with Crippen molar-refractivity contribution in [2.45, 2.75) is 13.5 Å². The number of rotatable bonds is 4. The molecule has 0 saturated carbocycles. The lowest BCUT2D eigenvalue weighted by Crippen LogP contribution is -2.20. The van der Waals surface area contributed by atoms with E-state index in [-0.39, 0.29) is 0 Å². The number of aromatic nitrogens is 5.